The lowest BCUT2D eigenvalue weighted by molar-refractivity contribution is 0.239. The van der Waals surface area contributed by atoms with Crippen LogP contribution in [0, 0.1) is 5.92 Å². The molecule has 1 fully saturated rings. The van der Waals surface area contributed by atoms with E-state index >= 15 is 0 Å². The molecule has 0 saturated heterocycles. The Labute approximate surface area is 160 Å². The van der Waals surface area contributed by atoms with Crippen LogP contribution in [0.15, 0.2) is 36.7 Å². The van der Waals surface area contributed by atoms with Crippen LogP contribution in [0.2, 0.25) is 0 Å². The molecule has 0 amide bonds. The molecular weight excluding hydrogens is 336 g/mol. The summed E-state index contributed by atoms with van der Waals surface area (Å²) in [5.41, 5.74) is 20.8. The van der Waals surface area contributed by atoms with Gasteiger partial charge in [0, 0.05) is 30.0 Å². The van der Waals surface area contributed by atoms with Crippen molar-refractivity contribution in [2.45, 2.75) is 56.7 Å². The van der Waals surface area contributed by atoms with E-state index in [2.05, 4.69) is 40.0 Å². The number of hydrogen-bond acceptors (Lipinski definition) is 5. The van der Waals surface area contributed by atoms with Crippen LogP contribution in [-0.2, 0) is 12.8 Å². The lowest BCUT2D eigenvalue weighted by atomic mass is 9.78. The maximum absolute atomic E-state index is 6.87. The molecule has 1 aromatic carbocycles. The van der Waals surface area contributed by atoms with Crippen molar-refractivity contribution in [1.82, 2.24) is 9.66 Å². The van der Waals surface area contributed by atoms with Crippen LogP contribution in [0.1, 0.15) is 49.1 Å². The van der Waals surface area contributed by atoms with Crippen LogP contribution in [-0.4, -0.2) is 21.4 Å². The molecule has 0 radical (unpaired) electrons. The summed E-state index contributed by atoms with van der Waals surface area (Å²) in [7, 11) is 0. The lowest BCUT2D eigenvalue weighted by Gasteiger charge is -2.42. The van der Waals surface area contributed by atoms with Crippen molar-refractivity contribution in [2.24, 2.45) is 17.4 Å². The maximum atomic E-state index is 6.87. The first-order chi connectivity index (χ1) is 13.1. The smallest absolute Gasteiger partial charge is 0.174 e. The van der Waals surface area contributed by atoms with Crippen LogP contribution in [0.25, 0.3) is 5.70 Å². The third kappa shape index (κ3) is 3.03. The molecule has 1 aliphatic heterocycles. The Kier molecular flexibility index (Phi) is 3.98. The van der Waals surface area contributed by atoms with Gasteiger partial charge in [-0.3, -0.25) is 0 Å². The average molecular weight is 364 g/mol. The van der Waals surface area contributed by atoms with Crippen molar-refractivity contribution in [3.8, 4) is 0 Å². The van der Waals surface area contributed by atoms with E-state index in [0.29, 0.717) is 12.0 Å². The Bertz CT molecular complexity index is 877. The highest BCUT2D eigenvalue weighted by Gasteiger charge is 2.39. The number of rotatable bonds is 3. The summed E-state index contributed by atoms with van der Waals surface area (Å²) in [6.07, 6.45) is 13.6. The minimum atomic E-state index is -0.604. The number of aryl methyl sites for hydroxylation is 2. The summed E-state index contributed by atoms with van der Waals surface area (Å²) < 4.78 is 1.95. The zero-order valence-electron chi connectivity index (χ0n) is 15.6. The summed E-state index contributed by atoms with van der Waals surface area (Å²) in [4.78, 5) is 4.52. The van der Waals surface area contributed by atoms with E-state index in [1.165, 1.54) is 30.4 Å². The van der Waals surface area contributed by atoms with Gasteiger partial charge in [0.2, 0.25) is 0 Å². The molecule has 5 rings (SSSR count). The number of benzene rings is 1. The summed E-state index contributed by atoms with van der Waals surface area (Å²) in [5, 5.41) is 3.59. The zero-order chi connectivity index (χ0) is 18.4. The van der Waals surface area contributed by atoms with Gasteiger partial charge in [-0.05, 0) is 74.3 Å². The molecule has 2 aliphatic carbocycles. The molecule has 6 N–H and O–H groups in total. The Hall–Kier alpha value is -2.31. The first-order valence-electron chi connectivity index (χ1n) is 10.1. The van der Waals surface area contributed by atoms with Gasteiger partial charge in [0.1, 0.15) is 5.66 Å². The van der Waals surface area contributed by atoms with Crippen LogP contribution in [0.3, 0.4) is 0 Å². The summed E-state index contributed by atoms with van der Waals surface area (Å²) in [6, 6.07) is 7.00. The van der Waals surface area contributed by atoms with Gasteiger partial charge in [-0.1, -0.05) is 6.07 Å². The van der Waals surface area contributed by atoms with Crippen molar-refractivity contribution in [3.63, 3.8) is 0 Å². The minimum Gasteiger partial charge on any atom is -0.353 e. The second-order valence-corrected chi connectivity index (χ2v) is 8.30. The van der Waals surface area contributed by atoms with E-state index in [1.54, 1.807) is 0 Å². The van der Waals surface area contributed by atoms with E-state index in [1.807, 2.05) is 17.1 Å². The van der Waals surface area contributed by atoms with Crippen molar-refractivity contribution < 1.29 is 0 Å². The van der Waals surface area contributed by atoms with Crippen LogP contribution >= 0.6 is 0 Å². The SMILES string of the molecule is NC1CCC(C2(N)C=C(Nc3ccc4c(c3)CCC4)c3nccn3N2)CC1. The lowest BCUT2D eigenvalue weighted by Crippen LogP contribution is -2.58. The standard InChI is InChI=1S/C21H28N6/c22-17-7-5-16(6-8-17)21(23)13-19(20-24-10-11-27(20)26-21)25-18-9-4-14-2-1-3-15(14)12-18/h4,9-13,16-17,25-26H,1-3,5-8,22-23H2. The molecule has 2 heterocycles. The molecule has 2 aromatic rings. The van der Waals surface area contributed by atoms with E-state index in [-0.39, 0.29) is 0 Å². The van der Waals surface area contributed by atoms with Crippen molar-refractivity contribution >= 4 is 11.4 Å². The molecule has 27 heavy (non-hydrogen) atoms. The number of hydrogen-bond donors (Lipinski definition) is 4. The molecule has 1 saturated carbocycles. The first-order valence-corrected chi connectivity index (χ1v) is 10.1. The Morgan fingerprint density at radius 3 is 2.81 bits per heavy atom. The van der Waals surface area contributed by atoms with Gasteiger partial charge in [-0.15, -0.1) is 0 Å². The molecule has 0 bridgehead atoms. The maximum Gasteiger partial charge on any atom is 0.174 e. The summed E-state index contributed by atoms with van der Waals surface area (Å²) in [6.45, 7) is 0. The van der Waals surface area contributed by atoms with Gasteiger partial charge in [0.25, 0.3) is 0 Å². The van der Waals surface area contributed by atoms with Crippen molar-refractivity contribution in [1.29, 1.82) is 0 Å². The summed E-state index contributed by atoms with van der Waals surface area (Å²) in [5.74, 6) is 1.22. The van der Waals surface area contributed by atoms with E-state index in [0.717, 1.165) is 42.9 Å². The molecule has 6 nitrogen and oxygen atoms in total. The van der Waals surface area contributed by atoms with Gasteiger partial charge in [0.05, 0.1) is 5.70 Å². The third-order valence-corrected chi connectivity index (χ3v) is 6.40. The first kappa shape index (κ1) is 16.8. The molecule has 3 aliphatic rings. The van der Waals surface area contributed by atoms with Crippen LogP contribution in [0.4, 0.5) is 5.69 Å². The Morgan fingerprint density at radius 2 is 1.96 bits per heavy atom. The normalized spacial score (nSPS) is 29.5. The summed E-state index contributed by atoms with van der Waals surface area (Å²) >= 11 is 0. The highest BCUT2D eigenvalue weighted by molar-refractivity contribution is 5.76. The van der Waals surface area contributed by atoms with Crippen molar-refractivity contribution in [2.75, 3.05) is 10.7 Å². The van der Waals surface area contributed by atoms with Gasteiger partial charge in [0.15, 0.2) is 5.82 Å². The fraction of sp³-hybridized carbons (Fsp3) is 0.476. The zero-order valence-corrected chi connectivity index (χ0v) is 15.6. The van der Waals surface area contributed by atoms with Crippen molar-refractivity contribution in [3.05, 3.63) is 53.6 Å². The molecule has 0 spiro atoms. The Balaban J connectivity index is 1.46. The van der Waals surface area contributed by atoms with Gasteiger partial charge < -0.3 is 22.2 Å². The monoisotopic (exact) mass is 364 g/mol. The van der Waals surface area contributed by atoms with Crippen LogP contribution in [0.5, 0.6) is 0 Å². The highest BCUT2D eigenvalue weighted by atomic mass is 15.5. The number of fused-ring (bicyclic) bond motifs is 2. The molecular formula is C21H28N6. The van der Waals surface area contributed by atoms with Crippen LogP contribution < -0.4 is 22.2 Å². The second-order valence-electron chi connectivity index (χ2n) is 8.30. The number of nitrogens with two attached hydrogens (primary N) is 2. The second kappa shape index (κ2) is 6.39. The average Bonchev–Trinajstić information content (AvgIpc) is 3.30. The van der Waals surface area contributed by atoms with Gasteiger partial charge >= 0.3 is 0 Å². The van der Waals surface area contributed by atoms with E-state index in [4.69, 9.17) is 11.5 Å². The number of nitrogens with zero attached hydrogens (tertiary/aromatic N) is 2. The molecule has 6 heteroatoms. The third-order valence-electron chi connectivity index (χ3n) is 6.40. The Morgan fingerprint density at radius 1 is 1.15 bits per heavy atom. The highest BCUT2D eigenvalue weighted by Crippen LogP contribution is 2.35. The number of nitrogens with one attached hydrogen (secondary N) is 2. The van der Waals surface area contributed by atoms with Gasteiger partial charge in [-0.2, -0.15) is 0 Å². The fourth-order valence-corrected chi connectivity index (χ4v) is 4.84. The molecule has 1 atom stereocenters. The number of anilines is 1. The number of imidazole rings is 1. The predicted molar refractivity (Wildman–Crippen MR) is 109 cm³/mol. The van der Waals surface area contributed by atoms with E-state index in [9.17, 15) is 0 Å². The largest absolute Gasteiger partial charge is 0.353 e. The molecule has 1 unspecified atom stereocenters. The topological polar surface area (TPSA) is 93.9 Å². The molecule has 1 aromatic heterocycles. The number of aromatic nitrogens is 2. The minimum absolute atomic E-state index is 0.310. The quantitative estimate of drug-likeness (QED) is 0.672. The van der Waals surface area contributed by atoms with E-state index < -0.39 is 5.66 Å². The fourth-order valence-electron chi connectivity index (χ4n) is 4.84. The van der Waals surface area contributed by atoms with Gasteiger partial charge in [-0.25, -0.2) is 9.66 Å². The molecule has 142 valence electrons. The predicted octanol–water partition coefficient (Wildman–Crippen LogP) is 2.55.